The number of thiocarbonyl (C=S) groups is 1. The van der Waals surface area contributed by atoms with Gasteiger partial charge in [-0.2, -0.15) is 4.99 Å². The number of Topliss-reactive ketones (excluding diaryl/α,β-unsaturated/α-hetero) is 1. The zero-order valence-corrected chi connectivity index (χ0v) is 22.8. The molecule has 4 rings (SSSR count). The Morgan fingerprint density at radius 1 is 0.974 bits per heavy atom. The van der Waals surface area contributed by atoms with Gasteiger partial charge in [0.25, 0.3) is 0 Å². The Hall–Kier alpha value is -3.95. The van der Waals surface area contributed by atoms with Crippen molar-refractivity contribution in [1.82, 2.24) is 19.8 Å². The molecule has 1 fully saturated rings. The Kier molecular flexibility index (Phi) is 9.29. The number of hydrogen-bond donors (Lipinski definition) is 2. The first-order chi connectivity index (χ1) is 18.4. The Morgan fingerprint density at radius 3 is 2.26 bits per heavy atom. The van der Waals surface area contributed by atoms with E-state index >= 15 is 0 Å². The number of benzene rings is 2. The molecule has 0 spiro atoms. The second kappa shape index (κ2) is 13.0. The van der Waals surface area contributed by atoms with E-state index in [-0.39, 0.29) is 5.78 Å². The molecule has 3 aromatic rings. The molecule has 0 aliphatic carbocycles. The number of hydrogen-bond acceptors (Lipinski definition) is 5. The zero-order valence-electron chi connectivity index (χ0n) is 22.0. The molecule has 1 aliphatic rings. The summed E-state index contributed by atoms with van der Waals surface area (Å²) in [5, 5.41) is 6.75. The van der Waals surface area contributed by atoms with Gasteiger partial charge in [-0.25, -0.2) is 9.97 Å². The van der Waals surface area contributed by atoms with Gasteiger partial charge in [-0.05, 0) is 68.9 Å². The molecule has 0 bridgehead atoms. The molecule has 1 aromatic heterocycles. The fourth-order valence-corrected chi connectivity index (χ4v) is 4.34. The van der Waals surface area contributed by atoms with E-state index in [1.165, 1.54) is 5.56 Å². The predicted molar refractivity (Wildman–Crippen MR) is 159 cm³/mol. The molecule has 0 radical (unpaired) electrons. The molecule has 0 amide bonds. The third kappa shape index (κ3) is 8.03. The zero-order chi connectivity index (χ0) is 26.9. The Morgan fingerprint density at radius 2 is 1.63 bits per heavy atom. The van der Waals surface area contributed by atoms with Gasteiger partial charge in [-0.3, -0.25) is 15.0 Å². The standard InChI is InChI=1S/C29H33N7OS/c1-21-20-22(2)31-27(30-21)33-28(34-29(38)32-26-13-11-25(12-14-26)23(3)37)36-18-16-35(17-19-36)15-7-10-24-8-5-4-6-9-24/h4-14,20H,15-19H2,1-3H3,(H2,30,31,32,33,34,38)/b10-7+. The lowest BCUT2D eigenvalue weighted by molar-refractivity contribution is 0.101. The van der Waals surface area contributed by atoms with Crippen molar-refractivity contribution in [3.05, 3.63) is 89.3 Å². The summed E-state index contributed by atoms with van der Waals surface area (Å²) in [5.41, 5.74) is 4.37. The first kappa shape index (κ1) is 27.1. The van der Waals surface area contributed by atoms with Gasteiger partial charge in [-0.15, -0.1) is 0 Å². The van der Waals surface area contributed by atoms with Gasteiger partial charge < -0.3 is 10.2 Å². The Bertz CT molecular complexity index is 1290. The molecule has 38 heavy (non-hydrogen) atoms. The molecule has 0 saturated carbocycles. The van der Waals surface area contributed by atoms with Crippen molar-refractivity contribution in [2.45, 2.75) is 20.8 Å². The minimum absolute atomic E-state index is 0.0202. The van der Waals surface area contributed by atoms with E-state index in [1.54, 1.807) is 19.1 Å². The van der Waals surface area contributed by atoms with Crippen LogP contribution in [0.25, 0.3) is 6.08 Å². The van der Waals surface area contributed by atoms with Gasteiger partial charge in [0, 0.05) is 55.4 Å². The molecule has 1 saturated heterocycles. The van der Waals surface area contributed by atoms with E-state index in [4.69, 9.17) is 17.2 Å². The molecular formula is C29H33N7OS. The second-order valence-corrected chi connectivity index (χ2v) is 9.59. The highest BCUT2D eigenvalue weighted by molar-refractivity contribution is 7.80. The van der Waals surface area contributed by atoms with Crippen molar-refractivity contribution in [3.8, 4) is 0 Å². The van der Waals surface area contributed by atoms with E-state index in [2.05, 4.69) is 54.7 Å². The summed E-state index contributed by atoms with van der Waals surface area (Å²) in [4.78, 5) is 29.9. The van der Waals surface area contributed by atoms with Crippen LogP contribution in [0.4, 0.5) is 11.6 Å². The van der Waals surface area contributed by atoms with Crippen LogP contribution < -0.4 is 10.6 Å². The van der Waals surface area contributed by atoms with Crippen molar-refractivity contribution in [3.63, 3.8) is 0 Å². The van der Waals surface area contributed by atoms with Gasteiger partial charge in [0.2, 0.25) is 17.0 Å². The maximum atomic E-state index is 11.6. The third-order valence-electron chi connectivity index (χ3n) is 6.10. The number of carbonyl (C=O) groups excluding carboxylic acids is 1. The van der Waals surface area contributed by atoms with Crippen LogP contribution in [0.1, 0.15) is 34.2 Å². The number of carbonyl (C=O) groups is 1. The smallest absolute Gasteiger partial charge is 0.229 e. The van der Waals surface area contributed by atoms with Gasteiger partial charge in [0.15, 0.2) is 5.78 Å². The lowest BCUT2D eigenvalue weighted by Gasteiger charge is -2.35. The van der Waals surface area contributed by atoms with Crippen molar-refractivity contribution < 1.29 is 4.79 Å². The van der Waals surface area contributed by atoms with E-state index in [9.17, 15) is 4.79 Å². The van der Waals surface area contributed by atoms with Crippen molar-refractivity contribution in [2.24, 2.45) is 4.99 Å². The van der Waals surface area contributed by atoms with Gasteiger partial charge in [0.1, 0.15) is 0 Å². The largest absolute Gasteiger partial charge is 0.340 e. The molecule has 0 atom stereocenters. The van der Waals surface area contributed by atoms with Crippen LogP contribution in [0.15, 0.2) is 71.7 Å². The highest BCUT2D eigenvalue weighted by atomic mass is 32.1. The third-order valence-corrected chi connectivity index (χ3v) is 6.29. The Labute approximate surface area is 229 Å². The van der Waals surface area contributed by atoms with Crippen LogP contribution in [0.3, 0.4) is 0 Å². The molecule has 1 aliphatic heterocycles. The van der Waals surface area contributed by atoms with E-state index in [0.717, 1.165) is 49.8 Å². The SMILES string of the molecule is CC(=O)c1ccc(NC(=S)/N=C(/Nc2nc(C)cc(C)n2)N2CCN(C/C=C/c3ccccc3)CC2)cc1. The fourth-order valence-electron chi connectivity index (χ4n) is 4.14. The van der Waals surface area contributed by atoms with Crippen molar-refractivity contribution in [1.29, 1.82) is 0 Å². The number of aromatic nitrogens is 2. The normalized spacial score (nSPS) is 14.5. The molecule has 9 heteroatoms. The number of rotatable bonds is 6. The molecule has 196 valence electrons. The number of nitrogens with zero attached hydrogens (tertiary/aromatic N) is 5. The van der Waals surface area contributed by atoms with Crippen LogP contribution >= 0.6 is 12.2 Å². The molecule has 8 nitrogen and oxygen atoms in total. The van der Waals surface area contributed by atoms with Crippen LogP contribution in [0.2, 0.25) is 0 Å². The van der Waals surface area contributed by atoms with Crippen molar-refractivity contribution >= 4 is 46.8 Å². The number of aryl methyl sites for hydroxylation is 2. The molecule has 2 aromatic carbocycles. The summed E-state index contributed by atoms with van der Waals surface area (Å²) in [6, 6.07) is 19.4. The minimum Gasteiger partial charge on any atom is -0.340 e. The first-order valence-corrected chi connectivity index (χ1v) is 13.1. The molecular weight excluding hydrogens is 494 g/mol. The average Bonchev–Trinajstić information content (AvgIpc) is 2.89. The second-order valence-electron chi connectivity index (χ2n) is 9.20. The summed E-state index contributed by atoms with van der Waals surface area (Å²) in [5.74, 6) is 1.11. The summed E-state index contributed by atoms with van der Waals surface area (Å²) in [6.07, 6.45) is 4.36. The van der Waals surface area contributed by atoms with Gasteiger partial charge in [-0.1, -0.05) is 42.5 Å². The molecule has 0 unspecified atom stereocenters. The maximum Gasteiger partial charge on any atom is 0.229 e. The number of piperazine rings is 1. The number of nitrogens with one attached hydrogen (secondary N) is 2. The van der Waals surface area contributed by atoms with Crippen molar-refractivity contribution in [2.75, 3.05) is 43.4 Å². The quantitative estimate of drug-likeness (QED) is 0.205. The Balaban J connectivity index is 1.44. The summed E-state index contributed by atoms with van der Waals surface area (Å²) < 4.78 is 0. The van der Waals surface area contributed by atoms with E-state index < -0.39 is 0 Å². The maximum absolute atomic E-state index is 11.6. The summed E-state index contributed by atoms with van der Waals surface area (Å²) >= 11 is 5.57. The van der Waals surface area contributed by atoms with Crippen LogP contribution in [0.5, 0.6) is 0 Å². The molecule has 2 N–H and O–H groups in total. The van der Waals surface area contributed by atoms with Crippen LogP contribution in [0, 0.1) is 13.8 Å². The highest BCUT2D eigenvalue weighted by Crippen LogP contribution is 2.12. The lowest BCUT2D eigenvalue weighted by Crippen LogP contribution is -2.51. The highest BCUT2D eigenvalue weighted by Gasteiger charge is 2.21. The minimum atomic E-state index is 0.0202. The van der Waals surface area contributed by atoms with E-state index in [0.29, 0.717) is 22.6 Å². The lowest BCUT2D eigenvalue weighted by atomic mass is 10.1. The first-order valence-electron chi connectivity index (χ1n) is 12.6. The topological polar surface area (TPSA) is 85.7 Å². The van der Waals surface area contributed by atoms with Crippen LogP contribution in [-0.2, 0) is 0 Å². The number of anilines is 2. The van der Waals surface area contributed by atoms with Crippen LogP contribution in [-0.4, -0.2) is 69.3 Å². The number of guanidine groups is 1. The monoisotopic (exact) mass is 527 g/mol. The average molecular weight is 528 g/mol. The van der Waals surface area contributed by atoms with E-state index in [1.807, 2.05) is 50.2 Å². The number of ketones is 1. The summed E-state index contributed by atoms with van der Waals surface area (Å²) in [7, 11) is 0. The fraction of sp³-hybridized carbons (Fsp3) is 0.276. The predicted octanol–water partition coefficient (Wildman–Crippen LogP) is 4.79. The van der Waals surface area contributed by atoms with Gasteiger partial charge in [0.05, 0.1) is 0 Å². The molecule has 2 heterocycles. The van der Waals surface area contributed by atoms with Gasteiger partial charge >= 0.3 is 0 Å². The number of aliphatic imine (C=N–C) groups is 1. The summed E-state index contributed by atoms with van der Waals surface area (Å²) in [6.45, 7) is 9.66.